The molecule has 1 saturated heterocycles. The Kier molecular flexibility index (Phi) is 4.18. The quantitative estimate of drug-likeness (QED) is 0.862. The maximum atomic E-state index is 12.4. The van der Waals surface area contributed by atoms with Crippen molar-refractivity contribution in [1.82, 2.24) is 10.2 Å². The highest BCUT2D eigenvalue weighted by molar-refractivity contribution is 9.10. The van der Waals surface area contributed by atoms with E-state index in [0.29, 0.717) is 0 Å². The second-order valence-electron chi connectivity index (χ2n) is 4.38. The number of halogens is 1. The van der Waals surface area contributed by atoms with Crippen LogP contribution in [-0.4, -0.2) is 37.0 Å². The van der Waals surface area contributed by atoms with Gasteiger partial charge in [-0.15, -0.1) is 0 Å². The van der Waals surface area contributed by atoms with E-state index in [4.69, 9.17) is 0 Å². The zero-order valence-corrected chi connectivity index (χ0v) is 11.6. The second kappa shape index (κ2) is 5.65. The Morgan fingerprint density at radius 1 is 1.35 bits per heavy atom. The Morgan fingerprint density at radius 3 is 3.00 bits per heavy atom. The first-order chi connectivity index (χ1) is 8.18. The maximum absolute atomic E-state index is 12.4. The van der Waals surface area contributed by atoms with Gasteiger partial charge < -0.3 is 10.2 Å². The molecule has 0 aliphatic carbocycles. The lowest BCUT2D eigenvalue weighted by atomic mass is 10.1. The zero-order chi connectivity index (χ0) is 12.3. The van der Waals surface area contributed by atoms with Gasteiger partial charge in [-0.05, 0) is 48.0 Å². The van der Waals surface area contributed by atoms with Crippen LogP contribution < -0.4 is 5.32 Å². The lowest BCUT2D eigenvalue weighted by molar-refractivity contribution is 0.0765. The standard InChI is InChI=1S/C13H17BrN2O/c1-10-3-4-12(14)11(9-10)13(17)16-7-2-5-15-6-8-16/h3-4,9,15H,2,5-8H2,1H3. The Balaban J connectivity index is 2.20. The minimum atomic E-state index is 0.129. The van der Waals surface area contributed by atoms with Gasteiger partial charge in [0.1, 0.15) is 0 Å². The van der Waals surface area contributed by atoms with Crippen molar-refractivity contribution in [2.75, 3.05) is 26.2 Å². The minimum Gasteiger partial charge on any atom is -0.337 e. The van der Waals surface area contributed by atoms with Gasteiger partial charge in [-0.2, -0.15) is 0 Å². The molecule has 2 rings (SSSR count). The minimum absolute atomic E-state index is 0.129. The van der Waals surface area contributed by atoms with E-state index in [1.807, 2.05) is 30.0 Å². The summed E-state index contributed by atoms with van der Waals surface area (Å²) in [6.45, 7) is 5.52. The molecule has 0 atom stereocenters. The Morgan fingerprint density at radius 2 is 2.18 bits per heavy atom. The smallest absolute Gasteiger partial charge is 0.255 e. The fourth-order valence-electron chi connectivity index (χ4n) is 2.02. The van der Waals surface area contributed by atoms with Gasteiger partial charge in [-0.1, -0.05) is 11.6 Å². The summed E-state index contributed by atoms with van der Waals surface area (Å²) in [5.41, 5.74) is 1.89. The van der Waals surface area contributed by atoms with Crippen molar-refractivity contribution >= 4 is 21.8 Å². The molecule has 17 heavy (non-hydrogen) atoms. The van der Waals surface area contributed by atoms with Crippen LogP contribution in [0.15, 0.2) is 22.7 Å². The number of hydrogen-bond acceptors (Lipinski definition) is 2. The molecule has 0 saturated carbocycles. The van der Waals surface area contributed by atoms with E-state index in [1.54, 1.807) is 0 Å². The number of benzene rings is 1. The molecule has 1 aliphatic rings. The molecule has 1 amide bonds. The molecule has 0 radical (unpaired) electrons. The van der Waals surface area contributed by atoms with Crippen molar-refractivity contribution < 1.29 is 4.79 Å². The number of nitrogens with zero attached hydrogens (tertiary/aromatic N) is 1. The third-order valence-electron chi connectivity index (χ3n) is 2.98. The van der Waals surface area contributed by atoms with E-state index < -0.39 is 0 Å². The molecule has 1 fully saturated rings. The molecule has 92 valence electrons. The van der Waals surface area contributed by atoms with Crippen molar-refractivity contribution in [3.63, 3.8) is 0 Å². The second-order valence-corrected chi connectivity index (χ2v) is 5.23. The fourth-order valence-corrected chi connectivity index (χ4v) is 2.44. The molecule has 3 nitrogen and oxygen atoms in total. The molecule has 0 bridgehead atoms. The number of aryl methyl sites for hydroxylation is 1. The van der Waals surface area contributed by atoms with E-state index in [1.165, 1.54) is 0 Å². The van der Waals surface area contributed by atoms with Crippen LogP contribution in [0.1, 0.15) is 22.3 Å². The highest BCUT2D eigenvalue weighted by atomic mass is 79.9. The first-order valence-electron chi connectivity index (χ1n) is 5.94. The molecule has 0 unspecified atom stereocenters. The summed E-state index contributed by atoms with van der Waals surface area (Å²) < 4.78 is 0.880. The summed E-state index contributed by atoms with van der Waals surface area (Å²) in [5.74, 6) is 0.129. The number of amides is 1. The Bertz CT molecular complexity index is 412. The van der Waals surface area contributed by atoms with Crippen molar-refractivity contribution in [3.8, 4) is 0 Å². The SMILES string of the molecule is Cc1ccc(Br)c(C(=O)N2CCCNCC2)c1. The van der Waals surface area contributed by atoms with Crippen molar-refractivity contribution in [2.45, 2.75) is 13.3 Å². The van der Waals surface area contributed by atoms with Crippen LogP contribution in [0.3, 0.4) is 0 Å². The predicted molar refractivity (Wildman–Crippen MR) is 72.3 cm³/mol. The Hall–Kier alpha value is -0.870. The predicted octanol–water partition coefficient (Wildman–Crippen LogP) is 2.19. The molecule has 1 aromatic rings. The van der Waals surface area contributed by atoms with Gasteiger partial charge in [0.05, 0.1) is 5.56 Å². The van der Waals surface area contributed by atoms with Crippen molar-refractivity contribution in [2.24, 2.45) is 0 Å². The lowest BCUT2D eigenvalue weighted by Gasteiger charge is -2.20. The normalized spacial score (nSPS) is 16.7. The van der Waals surface area contributed by atoms with Crippen LogP contribution in [0.5, 0.6) is 0 Å². The van der Waals surface area contributed by atoms with Gasteiger partial charge in [0.2, 0.25) is 0 Å². The van der Waals surface area contributed by atoms with Gasteiger partial charge >= 0.3 is 0 Å². The number of nitrogens with one attached hydrogen (secondary N) is 1. The van der Waals surface area contributed by atoms with Crippen LogP contribution in [0, 0.1) is 6.92 Å². The molecule has 0 spiro atoms. The van der Waals surface area contributed by atoms with Crippen LogP contribution in [0.4, 0.5) is 0 Å². The molecular formula is C13H17BrN2O. The maximum Gasteiger partial charge on any atom is 0.255 e. The number of carbonyl (C=O) groups is 1. The third kappa shape index (κ3) is 3.07. The van der Waals surface area contributed by atoms with Crippen molar-refractivity contribution in [3.05, 3.63) is 33.8 Å². The van der Waals surface area contributed by atoms with E-state index in [-0.39, 0.29) is 5.91 Å². The summed E-state index contributed by atoms with van der Waals surface area (Å²) in [6, 6.07) is 5.90. The number of carbonyl (C=O) groups excluding carboxylic acids is 1. The highest BCUT2D eigenvalue weighted by Crippen LogP contribution is 2.20. The van der Waals surface area contributed by atoms with Crippen LogP contribution in [0.25, 0.3) is 0 Å². The summed E-state index contributed by atoms with van der Waals surface area (Å²) in [6.07, 6.45) is 1.02. The summed E-state index contributed by atoms with van der Waals surface area (Å²) >= 11 is 3.45. The first kappa shape index (κ1) is 12.6. The van der Waals surface area contributed by atoms with E-state index >= 15 is 0 Å². The van der Waals surface area contributed by atoms with Crippen LogP contribution >= 0.6 is 15.9 Å². The fraction of sp³-hybridized carbons (Fsp3) is 0.462. The molecular weight excluding hydrogens is 280 g/mol. The topological polar surface area (TPSA) is 32.3 Å². The number of rotatable bonds is 1. The lowest BCUT2D eigenvalue weighted by Crippen LogP contribution is -2.34. The molecule has 1 N–H and O–H groups in total. The highest BCUT2D eigenvalue weighted by Gasteiger charge is 2.19. The molecule has 4 heteroatoms. The van der Waals surface area contributed by atoms with Crippen LogP contribution in [0.2, 0.25) is 0 Å². The summed E-state index contributed by atoms with van der Waals surface area (Å²) in [7, 11) is 0. The average Bonchev–Trinajstić information content (AvgIpc) is 2.60. The molecule has 0 aromatic heterocycles. The molecule has 1 heterocycles. The molecule has 1 aliphatic heterocycles. The van der Waals surface area contributed by atoms with Gasteiger partial charge in [-0.3, -0.25) is 4.79 Å². The third-order valence-corrected chi connectivity index (χ3v) is 3.67. The monoisotopic (exact) mass is 296 g/mol. The van der Waals surface area contributed by atoms with E-state index in [0.717, 1.165) is 48.2 Å². The van der Waals surface area contributed by atoms with E-state index in [9.17, 15) is 4.79 Å². The summed E-state index contributed by atoms with van der Waals surface area (Å²) in [4.78, 5) is 14.3. The largest absolute Gasteiger partial charge is 0.337 e. The number of hydrogen-bond donors (Lipinski definition) is 1. The average molecular weight is 297 g/mol. The van der Waals surface area contributed by atoms with Crippen molar-refractivity contribution in [1.29, 1.82) is 0 Å². The zero-order valence-electron chi connectivity index (χ0n) is 10.0. The van der Waals surface area contributed by atoms with Gasteiger partial charge in [0, 0.05) is 24.1 Å². The van der Waals surface area contributed by atoms with Gasteiger partial charge in [0.15, 0.2) is 0 Å². The Labute approximate surface area is 110 Å². The van der Waals surface area contributed by atoms with Gasteiger partial charge in [-0.25, -0.2) is 0 Å². The molecule has 1 aromatic carbocycles. The van der Waals surface area contributed by atoms with Crippen LogP contribution in [-0.2, 0) is 0 Å². The summed E-state index contributed by atoms with van der Waals surface area (Å²) in [5, 5.41) is 3.30. The first-order valence-corrected chi connectivity index (χ1v) is 6.74. The van der Waals surface area contributed by atoms with Gasteiger partial charge in [0.25, 0.3) is 5.91 Å². The van der Waals surface area contributed by atoms with E-state index in [2.05, 4.69) is 21.2 Å².